The molecule has 0 aromatic carbocycles. The molecular formula is C9H14N4O3S. The van der Waals surface area contributed by atoms with Gasteiger partial charge < -0.3 is 10.0 Å². The Morgan fingerprint density at radius 2 is 2.18 bits per heavy atom. The van der Waals surface area contributed by atoms with Gasteiger partial charge in [-0.25, -0.2) is 9.78 Å². The van der Waals surface area contributed by atoms with E-state index in [4.69, 9.17) is 5.11 Å². The van der Waals surface area contributed by atoms with Crippen molar-refractivity contribution in [3.63, 3.8) is 0 Å². The maximum Gasteiger partial charge on any atom is 0.324 e. The minimum absolute atomic E-state index is 0.208. The highest BCUT2D eigenvalue weighted by Gasteiger charge is 2.20. The van der Waals surface area contributed by atoms with Crippen LogP contribution in [0.15, 0.2) is 0 Å². The first-order chi connectivity index (χ1) is 7.90. The topological polar surface area (TPSA) is 95.4 Å². The number of carboxylic acid groups (broad SMARTS) is 1. The van der Waals surface area contributed by atoms with Crippen molar-refractivity contribution in [3.8, 4) is 0 Å². The molecule has 0 fully saturated rings. The fraction of sp³-hybridized carbons (Fsp3) is 0.556. The summed E-state index contributed by atoms with van der Waals surface area (Å²) in [5, 5.41) is 11.6. The van der Waals surface area contributed by atoms with E-state index in [0.717, 1.165) is 11.5 Å². The highest BCUT2D eigenvalue weighted by Crippen LogP contribution is 2.11. The Morgan fingerprint density at radius 3 is 2.59 bits per heavy atom. The van der Waals surface area contributed by atoms with Gasteiger partial charge in [-0.05, 0) is 20.8 Å². The number of aliphatic carboxylic acids is 1. The molecule has 0 unspecified atom stereocenters. The Morgan fingerprint density at radius 1 is 1.53 bits per heavy atom. The number of nitrogens with one attached hydrogen (secondary N) is 1. The van der Waals surface area contributed by atoms with Gasteiger partial charge in [0.1, 0.15) is 12.4 Å². The number of nitrogens with zero attached hydrogens (tertiary/aromatic N) is 3. The number of hydrogen-bond donors (Lipinski definition) is 2. The number of hydrogen-bond acceptors (Lipinski definition) is 5. The van der Waals surface area contributed by atoms with Gasteiger partial charge in [-0.2, -0.15) is 4.37 Å². The standard InChI is InChI=1S/C9H14N4O3S/c1-5(2)13(4-7(14)15)9(16)11-8-10-6(3)12-17-8/h5H,4H2,1-3H3,(H,14,15)(H,10,11,12,16). The summed E-state index contributed by atoms with van der Waals surface area (Å²) in [6.45, 7) is 4.85. The number of aromatic nitrogens is 2. The Bertz CT molecular complexity index is 418. The molecule has 2 N–H and O–H groups in total. The van der Waals surface area contributed by atoms with Crippen LogP contribution >= 0.6 is 11.5 Å². The fourth-order valence-corrected chi connectivity index (χ4v) is 1.71. The minimum atomic E-state index is -1.05. The first-order valence-corrected chi connectivity index (χ1v) is 5.77. The Hall–Kier alpha value is -1.70. The second kappa shape index (κ2) is 5.58. The highest BCUT2D eigenvalue weighted by atomic mass is 32.1. The van der Waals surface area contributed by atoms with Crippen LogP contribution in [0.1, 0.15) is 19.7 Å². The summed E-state index contributed by atoms with van der Waals surface area (Å²) < 4.78 is 3.92. The second-order valence-electron chi connectivity index (χ2n) is 3.69. The molecule has 2 amide bonds. The van der Waals surface area contributed by atoms with Crippen molar-refractivity contribution in [1.82, 2.24) is 14.3 Å². The molecule has 8 heteroatoms. The van der Waals surface area contributed by atoms with Crippen LogP contribution in [0.3, 0.4) is 0 Å². The maximum absolute atomic E-state index is 11.8. The second-order valence-corrected chi connectivity index (χ2v) is 4.44. The number of urea groups is 1. The van der Waals surface area contributed by atoms with E-state index in [1.807, 2.05) is 0 Å². The zero-order chi connectivity index (χ0) is 13.0. The summed E-state index contributed by atoms with van der Waals surface area (Å²) in [6, 6.07) is -0.696. The molecule has 0 aliphatic rings. The zero-order valence-electron chi connectivity index (χ0n) is 9.80. The molecule has 1 aromatic heterocycles. The lowest BCUT2D eigenvalue weighted by Gasteiger charge is -2.24. The molecule has 0 bridgehead atoms. The van der Waals surface area contributed by atoms with Crippen molar-refractivity contribution in [3.05, 3.63) is 5.82 Å². The van der Waals surface area contributed by atoms with Crippen LogP contribution < -0.4 is 5.32 Å². The summed E-state index contributed by atoms with van der Waals surface area (Å²) >= 11 is 1.06. The molecule has 1 rings (SSSR count). The van der Waals surface area contributed by atoms with Gasteiger partial charge in [0, 0.05) is 17.6 Å². The van der Waals surface area contributed by atoms with Crippen LogP contribution in [0, 0.1) is 6.92 Å². The van der Waals surface area contributed by atoms with Crippen LogP contribution in [0.4, 0.5) is 9.93 Å². The Balaban J connectivity index is 2.68. The summed E-state index contributed by atoms with van der Waals surface area (Å²) in [5.74, 6) is -0.484. The van der Waals surface area contributed by atoms with E-state index in [-0.39, 0.29) is 12.6 Å². The van der Waals surface area contributed by atoms with Crippen molar-refractivity contribution < 1.29 is 14.7 Å². The van der Waals surface area contributed by atoms with Crippen LogP contribution in [0.5, 0.6) is 0 Å². The van der Waals surface area contributed by atoms with Crippen molar-refractivity contribution in [2.45, 2.75) is 26.8 Å². The van der Waals surface area contributed by atoms with Crippen LogP contribution in [-0.4, -0.2) is 44.0 Å². The third-order valence-corrected chi connectivity index (χ3v) is 2.65. The van der Waals surface area contributed by atoms with Crippen LogP contribution in [0.2, 0.25) is 0 Å². The molecule has 1 aromatic rings. The molecule has 94 valence electrons. The van der Waals surface area contributed by atoms with Gasteiger partial charge in [-0.3, -0.25) is 10.1 Å². The maximum atomic E-state index is 11.8. The average molecular weight is 258 g/mol. The predicted molar refractivity (Wildman–Crippen MR) is 63.1 cm³/mol. The van der Waals surface area contributed by atoms with E-state index in [9.17, 15) is 9.59 Å². The van der Waals surface area contributed by atoms with E-state index < -0.39 is 12.0 Å². The first-order valence-electron chi connectivity index (χ1n) is 5.00. The Labute approximate surface area is 103 Å². The van der Waals surface area contributed by atoms with Crippen LogP contribution in [-0.2, 0) is 4.79 Å². The van der Waals surface area contributed by atoms with E-state index in [2.05, 4.69) is 14.7 Å². The lowest BCUT2D eigenvalue weighted by Crippen LogP contribution is -2.43. The number of anilines is 1. The average Bonchev–Trinajstić information content (AvgIpc) is 2.59. The molecule has 0 radical (unpaired) electrons. The van der Waals surface area contributed by atoms with Crippen molar-refractivity contribution in [2.24, 2.45) is 0 Å². The Kier molecular flexibility index (Phi) is 4.38. The van der Waals surface area contributed by atoms with E-state index >= 15 is 0 Å². The SMILES string of the molecule is Cc1nsc(NC(=O)N(CC(=O)O)C(C)C)n1. The monoisotopic (exact) mass is 258 g/mol. The van der Waals surface area contributed by atoms with Gasteiger partial charge in [0.2, 0.25) is 5.13 Å². The number of carboxylic acids is 1. The summed E-state index contributed by atoms with van der Waals surface area (Å²) in [4.78, 5) is 27.6. The molecule has 0 aliphatic carbocycles. The third-order valence-electron chi connectivity index (χ3n) is 1.93. The van der Waals surface area contributed by atoms with Gasteiger partial charge >= 0.3 is 12.0 Å². The predicted octanol–water partition coefficient (Wildman–Crippen LogP) is 1.17. The lowest BCUT2D eigenvalue weighted by molar-refractivity contribution is -0.137. The normalized spacial score (nSPS) is 10.4. The van der Waals surface area contributed by atoms with Gasteiger partial charge in [-0.1, -0.05) is 0 Å². The van der Waals surface area contributed by atoms with Gasteiger partial charge in [0.15, 0.2) is 0 Å². The fourth-order valence-electron chi connectivity index (χ4n) is 1.15. The third kappa shape index (κ3) is 3.99. The number of rotatable bonds is 4. The molecular weight excluding hydrogens is 244 g/mol. The first kappa shape index (κ1) is 13.4. The van der Waals surface area contributed by atoms with Crippen molar-refractivity contribution in [2.75, 3.05) is 11.9 Å². The zero-order valence-corrected chi connectivity index (χ0v) is 10.6. The van der Waals surface area contributed by atoms with Crippen LogP contribution in [0.25, 0.3) is 0 Å². The summed E-state index contributed by atoms with van der Waals surface area (Å²) in [5.41, 5.74) is 0. The van der Waals surface area contributed by atoms with Crippen molar-refractivity contribution >= 4 is 28.7 Å². The number of aryl methyl sites for hydroxylation is 1. The number of carbonyl (C=O) groups is 2. The van der Waals surface area contributed by atoms with E-state index in [0.29, 0.717) is 11.0 Å². The molecule has 0 atom stereocenters. The van der Waals surface area contributed by atoms with E-state index in [1.165, 1.54) is 4.90 Å². The molecule has 0 saturated carbocycles. The lowest BCUT2D eigenvalue weighted by atomic mass is 10.3. The molecule has 17 heavy (non-hydrogen) atoms. The molecule has 7 nitrogen and oxygen atoms in total. The largest absolute Gasteiger partial charge is 0.480 e. The molecule has 0 saturated heterocycles. The summed E-state index contributed by atoms with van der Waals surface area (Å²) in [6.07, 6.45) is 0. The minimum Gasteiger partial charge on any atom is -0.480 e. The highest BCUT2D eigenvalue weighted by molar-refractivity contribution is 7.09. The van der Waals surface area contributed by atoms with Crippen molar-refractivity contribution in [1.29, 1.82) is 0 Å². The van der Waals surface area contributed by atoms with Gasteiger partial charge in [0.05, 0.1) is 0 Å². The van der Waals surface area contributed by atoms with Gasteiger partial charge in [0.25, 0.3) is 0 Å². The number of carbonyl (C=O) groups excluding carboxylic acids is 1. The van der Waals surface area contributed by atoms with E-state index in [1.54, 1.807) is 20.8 Å². The summed E-state index contributed by atoms with van der Waals surface area (Å²) in [7, 11) is 0. The number of amides is 2. The quantitative estimate of drug-likeness (QED) is 0.845. The smallest absolute Gasteiger partial charge is 0.324 e. The molecule has 0 aliphatic heterocycles. The molecule has 1 heterocycles. The molecule has 0 spiro atoms. The van der Waals surface area contributed by atoms with Gasteiger partial charge in [-0.15, -0.1) is 0 Å².